The molecular weight excluding hydrogens is 249 g/mol. The second-order valence-corrected chi connectivity index (χ2v) is 3.97. The van der Waals surface area contributed by atoms with Crippen LogP contribution in [-0.4, -0.2) is 23.6 Å². The Kier molecular flexibility index (Phi) is 3.91. The van der Waals surface area contributed by atoms with Crippen LogP contribution in [0.25, 0.3) is 11.4 Å². The predicted octanol–water partition coefficient (Wildman–Crippen LogP) is 1.09. The summed E-state index contributed by atoms with van der Waals surface area (Å²) in [6.07, 6.45) is 0.509. The lowest BCUT2D eigenvalue weighted by Crippen LogP contribution is -2.13. The fraction of sp³-hybridized carbons (Fsp3) is 0.231. The van der Waals surface area contributed by atoms with E-state index in [2.05, 4.69) is 9.97 Å². The van der Waals surface area contributed by atoms with Crippen molar-refractivity contribution in [3.63, 3.8) is 0 Å². The maximum atomic E-state index is 13.3. The molecular formula is C13H14FN3O2. The molecule has 0 fully saturated rings. The largest absolute Gasteiger partial charge is 0.494 e. The van der Waals surface area contributed by atoms with Gasteiger partial charge in [0.1, 0.15) is 5.82 Å². The Morgan fingerprint density at radius 3 is 2.89 bits per heavy atom. The number of hydrogen-bond donors (Lipinski definition) is 2. The predicted molar refractivity (Wildman–Crippen MR) is 69.6 cm³/mol. The lowest BCUT2D eigenvalue weighted by molar-refractivity contribution is 0.386. The van der Waals surface area contributed by atoms with Crippen molar-refractivity contribution < 1.29 is 9.13 Å². The summed E-state index contributed by atoms with van der Waals surface area (Å²) in [6, 6.07) is 5.68. The van der Waals surface area contributed by atoms with Gasteiger partial charge < -0.3 is 15.5 Å². The summed E-state index contributed by atoms with van der Waals surface area (Å²) >= 11 is 0. The monoisotopic (exact) mass is 263 g/mol. The minimum atomic E-state index is -0.466. The third kappa shape index (κ3) is 2.97. The van der Waals surface area contributed by atoms with Gasteiger partial charge in [-0.05, 0) is 24.7 Å². The number of aromatic nitrogens is 2. The summed E-state index contributed by atoms with van der Waals surface area (Å²) in [5.41, 5.74) is 6.36. The van der Waals surface area contributed by atoms with Crippen molar-refractivity contribution in [2.45, 2.75) is 6.42 Å². The SMILES string of the molecule is COc1cc(-c2nc(CCN)cc(=O)[nH]2)ccc1F. The van der Waals surface area contributed by atoms with Crippen LogP contribution in [0.4, 0.5) is 4.39 Å². The van der Waals surface area contributed by atoms with Crippen molar-refractivity contribution in [1.29, 1.82) is 0 Å². The van der Waals surface area contributed by atoms with Gasteiger partial charge in [0.25, 0.3) is 5.56 Å². The van der Waals surface area contributed by atoms with Crippen LogP contribution in [0.3, 0.4) is 0 Å². The summed E-state index contributed by atoms with van der Waals surface area (Å²) in [6.45, 7) is 0.405. The highest BCUT2D eigenvalue weighted by Crippen LogP contribution is 2.23. The Hall–Kier alpha value is -2.21. The van der Waals surface area contributed by atoms with E-state index in [1.807, 2.05) is 0 Å². The molecule has 1 heterocycles. The maximum absolute atomic E-state index is 13.3. The van der Waals surface area contributed by atoms with Crippen LogP contribution in [0, 0.1) is 5.82 Å². The highest BCUT2D eigenvalue weighted by molar-refractivity contribution is 5.57. The smallest absolute Gasteiger partial charge is 0.251 e. The molecule has 2 rings (SSSR count). The Morgan fingerprint density at radius 1 is 1.42 bits per heavy atom. The number of ether oxygens (including phenoxy) is 1. The van der Waals surface area contributed by atoms with Gasteiger partial charge in [-0.1, -0.05) is 0 Å². The first kappa shape index (κ1) is 13.2. The molecule has 0 bridgehead atoms. The molecule has 3 N–H and O–H groups in total. The summed E-state index contributed by atoms with van der Waals surface area (Å²) in [5.74, 6) is 0.00494. The van der Waals surface area contributed by atoms with Gasteiger partial charge in [-0.2, -0.15) is 0 Å². The fourth-order valence-electron chi connectivity index (χ4n) is 1.73. The summed E-state index contributed by atoms with van der Waals surface area (Å²) in [7, 11) is 1.38. The van der Waals surface area contributed by atoms with Crippen molar-refractivity contribution in [3.05, 3.63) is 46.1 Å². The molecule has 0 saturated heterocycles. The van der Waals surface area contributed by atoms with Crippen LogP contribution >= 0.6 is 0 Å². The van der Waals surface area contributed by atoms with Gasteiger partial charge in [0.15, 0.2) is 11.6 Å². The van der Waals surface area contributed by atoms with Crippen molar-refractivity contribution in [2.24, 2.45) is 5.73 Å². The number of nitrogens with one attached hydrogen (secondary N) is 1. The molecule has 0 radical (unpaired) electrons. The van der Waals surface area contributed by atoms with Gasteiger partial charge in [-0.25, -0.2) is 9.37 Å². The summed E-state index contributed by atoms with van der Waals surface area (Å²) < 4.78 is 18.2. The molecule has 100 valence electrons. The molecule has 0 aliphatic heterocycles. The number of rotatable bonds is 4. The second kappa shape index (κ2) is 5.62. The van der Waals surface area contributed by atoms with E-state index < -0.39 is 5.82 Å². The molecule has 0 amide bonds. The number of H-pyrrole nitrogens is 1. The number of methoxy groups -OCH3 is 1. The second-order valence-electron chi connectivity index (χ2n) is 3.97. The van der Waals surface area contributed by atoms with E-state index in [0.29, 0.717) is 30.0 Å². The van der Waals surface area contributed by atoms with E-state index in [4.69, 9.17) is 10.5 Å². The molecule has 0 spiro atoms. The van der Waals surface area contributed by atoms with E-state index >= 15 is 0 Å². The van der Waals surface area contributed by atoms with Crippen LogP contribution in [0.15, 0.2) is 29.1 Å². The van der Waals surface area contributed by atoms with E-state index in [9.17, 15) is 9.18 Å². The van der Waals surface area contributed by atoms with Gasteiger partial charge >= 0.3 is 0 Å². The van der Waals surface area contributed by atoms with E-state index in [-0.39, 0.29) is 11.3 Å². The maximum Gasteiger partial charge on any atom is 0.251 e. The van der Waals surface area contributed by atoms with Crippen molar-refractivity contribution in [2.75, 3.05) is 13.7 Å². The lowest BCUT2D eigenvalue weighted by atomic mass is 10.2. The number of halogens is 1. The number of nitrogens with zero attached hydrogens (tertiary/aromatic N) is 1. The minimum Gasteiger partial charge on any atom is -0.494 e. The van der Waals surface area contributed by atoms with Gasteiger partial charge in [-0.3, -0.25) is 4.79 Å². The highest BCUT2D eigenvalue weighted by atomic mass is 19.1. The van der Waals surface area contributed by atoms with Crippen molar-refractivity contribution in [1.82, 2.24) is 9.97 Å². The highest BCUT2D eigenvalue weighted by Gasteiger charge is 2.08. The molecule has 0 saturated carbocycles. The number of hydrogen-bond acceptors (Lipinski definition) is 4. The quantitative estimate of drug-likeness (QED) is 0.865. The molecule has 6 heteroatoms. The number of nitrogens with two attached hydrogens (primary N) is 1. The average molecular weight is 263 g/mol. The van der Waals surface area contributed by atoms with Crippen LogP contribution in [0.5, 0.6) is 5.75 Å². The van der Waals surface area contributed by atoms with Crippen molar-refractivity contribution >= 4 is 0 Å². The summed E-state index contributed by atoms with van der Waals surface area (Å²) in [5, 5.41) is 0. The van der Waals surface area contributed by atoms with Crippen molar-refractivity contribution in [3.8, 4) is 17.1 Å². The molecule has 19 heavy (non-hydrogen) atoms. The van der Waals surface area contributed by atoms with Gasteiger partial charge in [0, 0.05) is 23.7 Å². The van der Waals surface area contributed by atoms with Crippen LogP contribution in [-0.2, 0) is 6.42 Å². The van der Waals surface area contributed by atoms with E-state index in [0.717, 1.165) is 0 Å². The molecule has 0 unspecified atom stereocenters. The number of benzene rings is 1. The third-order valence-corrected chi connectivity index (χ3v) is 2.62. The van der Waals surface area contributed by atoms with E-state index in [1.165, 1.54) is 31.4 Å². The molecule has 0 aliphatic rings. The average Bonchev–Trinajstić information content (AvgIpc) is 2.39. The molecule has 1 aromatic carbocycles. The lowest BCUT2D eigenvalue weighted by Gasteiger charge is -2.06. The Bertz CT molecular complexity index is 640. The first-order chi connectivity index (χ1) is 9.13. The third-order valence-electron chi connectivity index (χ3n) is 2.62. The Balaban J connectivity index is 2.49. The normalized spacial score (nSPS) is 10.5. The van der Waals surface area contributed by atoms with Gasteiger partial charge in [-0.15, -0.1) is 0 Å². The van der Waals surface area contributed by atoms with E-state index in [1.54, 1.807) is 0 Å². The first-order valence-corrected chi connectivity index (χ1v) is 5.78. The zero-order valence-corrected chi connectivity index (χ0v) is 10.4. The van der Waals surface area contributed by atoms with Crippen LogP contribution < -0.4 is 16.0 Å². The van der Waals surface area contributed by atoms with Gasteiger partial charge in [0.2, 0.25) is 0 Å². The molecule has 2 aromatic rings. The van der Waals surface area contributed by atoms with Gasteiger partial charge in [0.05, 0.1) is 7.11 Å². The number of aromatic amines is 1. The molecule has 0 atom stereocenters. The zero-order valence-electron chi connectivity index (χ0n) is 10.4. The summed E-state index contributed by atoms with van der Waals surface area (Å²) in [4.78, 5) is 18.4. The topological polar surface area (TPSA) is 81.0 Å². The molecule has 0 aliphatic carbocycles. The zero-order chi connectivity index (χ0) is 13.8. The molecule has 5 nitrogen and oxygen atoms in total. The Morgan fingerprint density at radius 2 is 2.21 bits per heavy atom. The van der Waals surface area contributed by atoms with Crippen LogP contribution in [0.2, 0.25) is 0 Å². The fourth-order valence-corrected chi connectivity index (χ4v) is 1.73. The standard InChI is InChI=1S/C13H14FN3O2/c1-19-11-6-8(2-3-10(11)14)13-16-9(4-5-15)7-12(18)17-13/h2-3,6-7H,4-5,15H2,1H3,(H,16,17,18). The molecule has 1 aromatic heterocycles. The Labute approximate surface area is 109 Å². The first-order valence-electron chi connectivity index (χ1n) is 5.78. The van der Waals surface area contributed by atoms with Crippen LogP contribution in [0.1, 0.15) is 5.69 Å². The minimum absolute atomic E-state index is 0.101.